The highest BCUT2D eigenvalue weighted by atomic mass is 16.5. The quantitative estimate of drug-likeness (QED) is 0.683. The Kier molecular flexibility index (Phi) is 5.62. The minimum Gasteiger partial charge on any atom is -0.488 e. The molecule has 0 amide bonds. The van der Waals surface area contributed by atoms with Gasteiger partial charge < -0.3 is 4.74 Å². The van der Waals surface area contributed by atoms with Crippen LogP contribution in [0.1, 0.15) is 34.6 Å². The first-order chi connectivity index (χ1) is 9.04. The fourth-order valence-electron chi connectivity index (χ4n) is 1.70. The molecule has 0 saturated carbocycles. The van der Waals surface area contributed by atoms with Crippen molar-refractivity contribution >= 4 is 0 Å². The Balaban J connectivity index is 0.000000861. The Hall–Kier alpha value is -1.76. The lowest BCUT2D eigenvalue weighted by Gasteiger charge is -2.21. The van der Waals surface area contributed by atoms with E-state index >= 15 is 0 Å². The molecule has 0 heterocycles. The van der Waals surface area contributed by atoms with Gasteiger partial charge >= 0.3 is 0 Å². The molecule has 102 valence electrons. The van der Waals surface area contributed by atoms with Crippen LogP contribution in [0.25, 0.3) is 11.1 Å². The molecular formula is C18H24O. The monoisotopic (exact) mass is 256 g/mol. The standard InChI is InChI=1S/C16H18O.C2H6/c1-16(2,3)17-15-11-9-14(10-12-15)13-7-5-4-6-8-13;1-2/h4-12H,1-3H3;1-2H3. The van der Waals surface area contributed by atoms with Gasteiger partial charge in [0.2, 0.25) is 0 Å². The fraction of sp³-hybridized carbons (Fsp3) is 0.333. The second-order valence-corrected chi connectivity index (χ2v) is 5.10. The maximum atomic E-state index is 5.79. The molecule has 1 heteroatoms. The highest BCUT2D eigenvalue weighted by Gasteiger charge is 2.11. The molecule has 0 radical (unpaired) electrons. The number of ether oxygens (including phenoxy) is 1. The maximum absolute atomic E-state index is 5.79. The predicted octanol–water partition coefficient (Wildman–Crippen LogP) is 5.56. The zero-order chi connectivity index (χ0) is 14.3. The highest BCUT2D eigenvalue weighted by Crippen LogP contribution is 2.24. The van der Waals surface area contributed by atoms with Crippen LogP contribution in [0.5, 0.6) is 5.75 Å². The van der Waals surface area contributed by atoms with Crippen molar-refractivity contribution in [3.8, 4) is 16.9 Å². The van der Waals surface area contributed by atoms with Gasteiger partial charge in [-0.25, -0.2) is 0 Å². The van der Waals surface area contributed by atoms with Crippen LogP contribution in [0.15, 0.2) is 54.6 Å². The number of hydrogen-bond donors (Lipinski definition) is 0. The number of benzene rings is 2. The lowest BCUT2D eigenvalue weighted by atomic mass is 10.1. The molecule has 0 aliphatic carbocycles. The molecule has 19 heavy (non-hydrogen) atoms. The predicted molar refractivity (Wildman–Crippen MR) is 83.6 cm³/mol. The summed E-state index contributed by atoms with van der Waals surface area (Å²) in [5.41, 5.74) is 2.30. The van der Waals surface area contributed by atoms with Gasteiger partial charge in [0.1, 0.15) is 11.4 Å². The lowest BCUT2D eigenvalue weighted by Crippen LogP contribution is -2.22. The highest BCUT2D eigenvalue weighted by molar-refractivity contribution is 5.63. The van der Waals surface area contributed by atoms with Crippen LogP contribution in [-0.2, 0) is 0 Å². The van der Waals surface area contributed by atoms with Crippen molar-refractivity contribution in [2.24, 2.45) is 0 Å². The third-order valence-electron chi connectivity index (χ3n) is 2.39. The summed E-state index contributed by atoms with van der Waals surface area (Å²) in [4.78, 5) is 0. The summed E-state index contributed by atoms with van der Waals surface area (Å²) < 4.78 is 5.79. The largest absolute Gasteiger partial charge is 0.488 e. The molecule has 0 aromatic heterocycles. The Morgan fingerprint density at radius 3 is 1.63 bits per heavy atom. The van der Waals surface area contributed by atoms with E-state index in [1.807, 2.05) is 32.0 Å². The first-order valence-corrected chi connectivity index (χ1v) is 6.89. The minimum absolute atomic E-state index is 0.145. The summed E-state index contributed by atoms with van der Waals surface area (Å²) in [5, 5.41) is 0. The summed E-state index contributed by atoms with van der Waals surface area (Å²) >= 11 is 0. The van der Waals surface area contributed by atoms with Gasteiger partial charge in [-0.15, -0.1) is 0 Å². The molecule has 0 aliphatic rings. The summed E-state index contributed by atoms with van der Waals surface area (Å²) in [6, 6.07) is 18.6. The minimum atomic E-state index is -0.145. The summed E-state index contributed by atoms with van der Waals surface area (Å²) in [5.74, 6) is 0.914. The van der Waals surface area contributed by atoms with E-state index in [1.54, 1.807) is 0 Å². The van der Waals surface area contributed by atoms with Gasteiger partial charge in [0, 0.05) is 0 Å². The Bertz CT molecular complexity index is 463. The van der Waals surface area contributed by atoms with Crippen LogP contribution < -0.4 is 4.74 Å². The molecule has 0 aliphatic heterocycles. The van der Waals surface area contributed by atoms with Gasteiger partial charge in [-0.3, -0.25) is 0 Å². The van der Waals surface area contributed by atoms with Crippen molar-refractivity contribution in [1.29, 1.82) is 0 Å². The van der Waals surface area contributed by atoms with E-state index in [1.165, 1.54) is 11.1 Å². The topological polar surface area (TPSA) is 9.23 Å². The van der Waals surface area contributed by atoms with E-state index in [-0.39, 0.29) is 5.60 Å². The van der Waals surface area contributed by atoms with E-state index in [4.69, 9.17) is 4.74 Å². The van der Waals surface area contributed by atoms with Crippen molar-refractivity contribution in [2.45, 2.75) is 40.2 Å². The van der Waals surface area contributed by atoms with Crippen LogP contribution in [0.3, 0.4) is 0 Å². The summed E-state index contributed by atoms with van der Waals surface area (Å²) in [7, 11) is 0. The molecule has 0 N–H and O–H groups in total. The van der Waals surface area contributed by atoms with Crippen LogP contribution in [-0.4, -0.2) is 5.60 Å². The molecule has 0 spiro atoms. The van der Waals surface area contributed by atoms with E-state index in [2.05, 4.69) is 57.2 Å². The Morgan fingerprint density at radius 2 is 1.16 bits per heavy atom. The second-order valence-electron chi connectivity index (χ2n) is 5.10. The van der Waals surface area contributed by atoms with Crippen molar-refractivity contribution in [1.82, 2.24) is 0 Å². The Labute approximate surface area is 117 Å². The van der Waals surface area contributed by atoms with Crippen LogP contribution >= 0.6 is 0 Å². The van der Waals surface area contributed by atoms with Crippen molar-refractivity contribution < 1.29 is 4.74 Å². The molecule has 0 saturated heterocycles. The first-order valence-electron chi connectivity index (χ1n) is 6.89. The smallest absolute Gasteiger partial charge is 0.120 e. The number of hydrogen-bond acceptors (Lipinski definition) is 1. The maximum Gasteiger partial charge on any atom is 0.120 e. The average Bonchev–Trinajstić information content (AvgIpc) is 2.41. The van der Waals surface area contributed by atoms with Gasteiger partial charge in [-0.05, 0) is 44.0 Å². The zero-order valence-corrected chi connectivity index (χ0v) is 12.6. The van der Waals surface area contributed by atoms with E-state index in [0.717, 1.165) is 5.75 Å². The third-order valence-corrected chi connectivity index (χ3v) is 2.39. The molecule has 2 aromatic rings. The average molecular weight is 256 g/mol. The molecule has 0 unspecified atom stereocenters. The van der Waals surface area contributed by atoms with E-state index in [0.29, 0.717) is 0 Å². The molecule has 1 nitrogen and oxygen atoms in total. The van der Waals surface area contributed by atoms with Gasteiger partial charge in [0.25, 0.3) is 0 Å². The van der Waals surface area contributed by atoms with Crippen LogP contribution in [0, 0.1) is 0 Å². The summed E-state index contributed by atoms with van der Waals surface area (Å²) in [6.45, 7) is 10.2. The molecule has 2 aromatic carbocycles. The van der Waals surface area contributed by atoms with Gasteiger partial charge in [0.05, 0.1) is 0 Å². The molecular weight excluding hydrogens is 232 g/mol. The molecule has 0 atom stereocenters. The van der Waals surface area contributed by atoms with Gasteiger partial charge in [0.15, 0.2) is 0 Å². The van der Waals surface area contributed by atoms with E-state index < -0.39 is 0 Å². The second kappa shape index (κ2) is 6.98. The van der Waals surface area contributed by atoms with Crippen LogP contribution in [0.2, 0.25) is 0 Å². The Morgan fingerprint density at radius 1 is 0.684 bits per heavy atom. The molecule has 2 rings (SSSR count). The normalized spacial score (nSPS) is 10.4. The summed E-state index contributed by atoms with van der Waals surface area (Å²) in [6.07, 6.45) is 0. The molecule has 0 bridgehead atoms. The molecule has 0 fully saturated rings. The fourth-order valence-corrected chi connectivity index (χ4v) is 1.70. The van der Waals surface area contributed by atoms with Crippen LogP contribution in [0.4, 0.5) is 0 Å². The first kappa shape index (κ1) is 15.3. The van der Waals surface area contributed by atoms with E-state index in [9.17, 15) is 0 Å². The van der Waals surface area contributed by atoms with Crippen molar-refractivity contribution in [3.63, 3.8) is 0 Å². The number of rotatable bonds is 2. The van der Waals surface area contributed by atoms with Gasteiger partial charge in [-0.1, -0.05) is 56.3 Å². The third kappa shape index (κ3) is 5.17. The SMILES string of the molecule is CC.CC(C)(C)Oc1ccc(-c2ccccc2)cc1. The van der Waals surface area contributed by atoms with Gasteiger partial charge in [-0.2, -0.15) is 0 Å². The van der Waals surface area contributed by atoms with Crippen molar-refractivity contribution in [2.75, 3.05) is 0 Å². The zero-order valence-electron chi connectivity index (χ0n) is 12.6. The van der Waals surface area contributed by atoms with Crippen molar-refractivity contribution in [3.05, 3.63) is 54.6 Å². The lowest BCUT2D eigenvalue weighted by molar-refractivity contribution is 0.131.